The van der Waals surface area contributed by atoms with Gasteiger partial charge >= 0.3 is 0 Å². The number of hydrogen-bond acceptors (Lipinski definition) is 4. The number of halogens is 2. The minimum absolute atomic E-state index is 0.0223. The first-order valence-corrected chi connectivity index (χ1v) is 6.51. The molecular formula is C15H17F2N3O. The van der Waals surface area contributed by atoms with Crippen LogP contribution in [0.4, 0.5) is 14.6 Å². The highest BCUT2D eigenvalue weighted by Gasteiger charge is 2.27. The van der Waals surface area contributed by atoms with Crippen molar-refractivity contribution in [1.82, 2.24) is 9.97 Å². The van der Waals surface area contributed by atoms with Crippen molar-refractivity contribution in [1.29, 1.82) is 0 Å². The first-order valence-electron chi connectivity index (χ1n) is 6.51. The van der Waals surface area contributed by atoms with E-state index in [0.29, 0.717) is 11.5 Å². The topological polar surface area (TPSA) is 58.0 Å². The fraction of sp³-hybridized carbons (Fsp3) is 0.333. The van der Waals surface area contributed by atoms with Crippen LogP contribution in [0.1, 0.15) is 23.9 Å². The number of aryl methyl sites for hydroxylation is 2. The van der Waals surface area contributed by atoms with Gasteiger partial charge in [-0.2, -0.15) is 0 Å². The Morgan fingerprint density at radius 1 is 1.29 bits per heavy atom. The van der Waals surface area contributed by atoms with Crippen LogP contribution < -0.4 is 5.32 Å². The summed E-state index contributed by atoms with van der Waals surface area (Å²) in [6.45, 7) is 5.06. The Bertz CT molecular complexity index is 659. The van der Waals surface area contributed by atoms with Gasteiger partial charge in [-0.1, -0.05) is 6.07 Å². The molecule has 2 N–H and O–H groups in total. The minimum Gasteiger partial charge on any atom is -0.383 e. The molecule has 1 aromatic carbocycles. The van der Waals surface area contributed by atoms with Gasteiger partial charge in [-0.15, -0.1) is 0 Å². The molecule has 1 aromatic heterocycles. The van der Waals surface area contributed by atoms with Crippen molar-refractivity contribution in [3.63, 3.8) is 0 Å². The molecule has 0 saturated carbocycles. The van der Waals surface area contributed by atoms with E-state index in [1.165, 1.54) is 13.0 Å². The van der Waals surface area contributed by atoms with Crippen molar-refractivity contribution in [3.05, 3.63) is 53.0 Å². The third-order valence-electron chi connectivity index (χ3n) is 3.19. The maximum absolute atomic E-state index is 13.8. The van der Waals surface area contributed by atoms with Gasteiger partial charge < -0.3 is 10.4 Å². The Labute approximate surface area is 121 Å². The number of aliphatic hydroxyl groups is 1. The Balaban J connectivity index is 2.19. The normalized spacial score (nSPS) is 13.8. The van der Waals surface area contributed by atoms with Gasteiger partial charge in [-0.3, -0.25) is 4.98 Å². The van der Waals surface area contributed by atoms with Crippen LogP contribution in [0, 0.1) is 25.5 Å². The third-order valence-corrected chi connectivity index (χ3v) is 3.19. The lowest BCUT2D eigenvalue weighted by molar-refractivity contribution is 0.0673. The summed E-state index contributed by atoms with van der Waals surface area (Å²) in [7, 11) is 0. The molecular weight excluding hydrogens is 276 g/mol. The van der Waals surface area contributed by atoms with E-state index in [-0.39, 0.29) is 12.1 Å². The van der Waals surface area contributed by atoms with Crippen molar-refractivity contribution in [2.75, 3.05) is 11.9 Å². The summed E-state index contributed by atoms with van der Waals surface area (Å²) >= 11 is 0. The predicted octanol–water partition coefficient (Wildman–Crippen LogP) is 2.69. The van der Waals surface area contributed by atoms with E-state index in [1.54, 1.807) is 20.0 Å². The van der Waals surface area contributed by atoms with Gasteiger partial charge in [0, 0.05) is 24.4 Å². The van der Waals surface area contributed by atoms with Crippen LogP contribution in [0.5, 0.6) is 0 Å². The Hall–Kier alpha value is -2.08. The number of nitrogens with one attached hydrogen (secondary N) is 1. The van der Waals surface area contributed by atoms with E-state index in [4.69, 9.17) is 0 Å². The average molecular weight is 293 g/mol. The molecule has 0 saturated heterocycles. The molecule has 0 amide bonds. The lowest BCUT2D eigenvalue weighted by atomic mass is 9.95. The summed E-state index contributed by atoms with van der Waals surface area (Å²) in [5.74, 6) is -0.938. The van der Waals surface area contributed by atoms with Gasteiger partial charge in [0.25, 0.3) is 0 Å². The summed E-state index contributed by atoms with van der Waals surface area (Å²) < 4.78 is 26.7. The zero-order chi connectivity index (χ0) is 15.6. The fourth-order valence-electron chi connectivity index (χ4n) is 1.98. The number of hydrogen-bond donors (Lipinski definition) is 2. The van der Waals surface area contributed by atoms with Gasteiger partial charge in [0.05, 0.1) is 11.4 Å². The monoisotopic (exact) mass is 293 g/mol. The molecule has 2 aromatic rings. The molecule has 6 heteroatoms. The van der Waals surface area contributed by atoms with Crippen molar-refractivity contribution >= 4 is 5.82 Å². The zero-order valence-corrected chi connectivity index (χ0v) is 12.1. The maximum atomic E-state index is 13.8. The number of anilines is 1. The predicted molar refractivity (Wildman–Crippen MR) is 75.9 cm³/mol. The molecule has 0 radical (unpaired) electrons. The van der Waals surface area contributed by atoms with Crippen LogP contribution in [0.3, 0.4) is 0 Å². The minimum atomic E-state index is -1.50. The molecule has 2 rings (SSSR count). The van der Waals surface area contributed by atoms with Crippen molar-refractivity contribution in [2.24, 2.45) is 0 Å². The van der Waals surface area contributed by atoms with Crippen molar-refractivity contribution in [3.8, 4) is 0 Å². The molecule has 112 valence electrons. The molecule has 0 fully saturated rings. The van der Waals surface area contributed by atoms with Crippen LogP contribution in [-0.4, -0.2) is 21.6 Å². The van der Waals surface area contributed by atoms with Gasteiger partial charge in [-0.05, 0) is 26.8 Å². The number of aromatic nitrogens is 2. The Morgan fingerprint density at radius 2 is 2.00 bits per heavy atom. The fourth-order valence-corrected chi connectivity index (χ4v) is 1.98. The van der Waals surface area contributed by atoms with Gasteiger partial charge in [0.2, 0.25) is 0 Å². The molecule has 0 spiro atoms. The molecule has 4 nitrogen and oxygen atoms in total. The highest BCUT2D eigenvalue weighted by atomic mass is 19.1. The summed E-state index contributed by atoms with van der Waals surface area (Å²) in [6.07, 6.45) is 1.64. The van der Waals surface area contributed by atoms with Crippen LogP contribution in [-0.2, 0) is 5.60 Å². The smallest absolute Gasteiger partial charge is 0.147 e. The van der Waals surface area contributed by atoms with Crippen LogP contribution in [0.15, 0.2) is 24.4 Å². The Kier molecular flexibility index (Phi) is 4.18. The number of benzene rings is 1. The van der Waals surface area contributed by atoms with E-state index >= 15 is 0 Å². The van der Waals surface area contributed by atoms with Crippen molar-refractivity contribution < 1.29 is 13.9 Å². The van der Waals surface area contributed by atoms with Crippen LogP contribution >= 0.6 is 0 Å². The lowest BCUT2D eigenvalue weighted by Crippen LogP contribution is -2.32. The summed E-state index contributed by atoms with van der Waals surface area (Å²) in [4.78, 5) is 8.42. The molecule has 1 unspecified atom stereocenters. The molecule has 1 atom stereocenters. The molecule has 0 aliphatic rings. The van der Waals surface area contributed by atoms with Crippen LogP contribution in [0.25, 0.3) is 0 Å². The van der Waals surface area contributed by atoms with Gasteiger partial charge in [-0.25, -0.2) is 13.8 Å². The largest absolute Gasteiger partial charge is 0.383 e. The first kappa shape index (κ1) is 15.3. The van der Waals surface area contributed by atoms with E-state index in [2.05, 4.69) is 15.3 Å². The highest BCUT2D eigenvalue weighted by Crippen LogP contribution is 2.25. The van der Waals surface area contributed by atoms with E-state index in [0.717, 1.165) is 17.8 Å². The van der Waals surface area contributed by atoms with E-state index < -0.39 is 17.2 Å². The third kappa shape index (κ3) is 3.52. The second-order valence-corrected chi connectivity index (χ2v) is 5.20. The first-order chi connectivity index (χ1) is 9.79. The molecule has 21 heavy (non-hydrogen) atoms. The van der Waals surface area contributed by atoms with Crippen molar-refractivity contribution in [2.45, 2.75) is 26.4 Å². The second-order valence-electron chi connectivity index (χ2n) is 5.20. The van der Waals surface area contributed by atoms with Crippen LogP contribution in [0.2, 0.25) is 0 Å². The zero-order valence-electron chi connectivity index (χ0n) is 12.1. The maximum Gasteiger partial charge on any atom is 0.147 e. The lowest BCUT2D eigenvalue weighted by Gasteiger charge is -2.25. The molecule has 0 aliphatic carbocycles. The molecule has 0 aliphatic heterocycles. The number of nitrogens with zero attached hydrogens (tertiary/aromatic N) is 2. The SMILES string of the molecule is Cc1cnc(C)c(NCC(C)(O)c2ccc(F)cc2F)n1. The summed E-state index contributed by atoms with van der Waals surface area (Å²) in [6, 6.07) is 3.10. The van der Waals surface area contributed by atoms with E-state index in [9.17, 15) is 13.9 Å². The van der Waals surface area contributed by atoms with E-state index in [1.807, 2.05) is 0 Å². The highest BCUT2D eigenvalue weighted by molar-refractivity contribution is 5.40. The Morgan fingerprint density at radius 3 is 2.67 bits per heavy atom. The summed E-state index contributed by atoms with van der Waals surface area (Å²) in [5, 5.41) is 13.4. The second kappa shape index (κ2) is 5.73. The summed E-state index contributed by atoms with van der Waals surface area (Å²) in [5.41, 5.74) is -0.0725. The molecule has 0 bridgehead atoms. The number of rotatable bonds is 4. The van der Waals surface area contributed by atoms with Gasteiger partial charge in [0.1, 0.15) is 23.1 Å². The van der Waals surface area contributed by atoms with Gasteiger partial charge in [0.15, 0.2) is 0 Å². The average Bonchev–Trinajstić information content (AvgIpc) is 2.39. The quantitative estimate of drug-likeness (QED) is 0.910. The standard InChI is InChI=1S/C15H17F2N3O/c1-9-7-18-10(2)14(20-9)19-8-15(3,21)12-5-4-11(16)6-13(12)17/h4-7,21H,8H2,1-3H3,(H,19,20). The molecule has 1 heterocycles.